The minimum absolute atomic E-state index is 0.303. The Morgan fingerprint density at radius 2 is 2.05 bits per heavy atom. The fraction of sp³-hybridized carbons (Fsp3) is 0.765. The lowest BCUT2D eigenvalue weighted by Gasteiger charge is -2.38. The molecule has 0 aliphatic heterocycles. The molecule has 0 amide bonds. The summed E-state index contributed by atoms with van der Waals surface area (Å²) in [7, 11) is -1.61. The van der Waals surface area contributed by atoms with E-state index in [-0.39, 0.29) is 0 Å². The first-order chi connectivity index (χ1) is 8.72. The van der Waals surface area contributed by atoms with Crippen molar-refractivity contribution in [2.75, 3.05) is 0 Å². The average Bonchev–Trinajstić information content (AvgIpc) is 2.28. The summed E-state index contributed by atoms with van der Waals surface area (Å²) >= 11 is 0. The second-order valence-electron chi connectivity index (χ2n) is 7.38. The topological polar surface area (TPSA) is 9.23 Å². The predicted octanol–water partition coefficient (Wildman–Crippen LogP) is 5.70. The van der Waals surface area contributed by atoms with Crippen molar-refractivity contribution in [1.29, 1.82) is 0 Å². The summed E-state index contributed by atoms with van der Waals surface area (Å²) in [6.07, 6.45) is 14.6. The fourth-order valence-corrected chi connectivity index (χ4v) is 3.63. The lowest BCUT2D eigenvalue weighted by molar-refractivity contribution is 0.202. The molecule has 0 N–H and O–H groups in total. The summed E-state index contributed by atoms with van der Waals surface area (Å²) in [5.41, 5.74) is 0. The van der Waals surface area contributed by atoms with Crippen molar-refractivity contribution in [2.24, 2.45) is 5.92 Å². The second-order valence-corrected chi connectivity index (χ2v) is 12.1. The molecule has 0 radical (unpaired) electrons. The minimum Gasteiger partial charge on any atom is -0.414 e. The van der Waals surface area contributed by atoms with Gasteiger partial charge in [-0.1, -0.05) is 45.1 Å². The monoisotopic (exact) mass is 280 g/mol. The molecular weight excluding hydrogens is 248 g/mol. The molecule has 1 rings (SSSR count). The molecule has 110 valence electrons. The fourth-order valence-electron chi connectivity index (χ4n) is 2.17. The number of allylic oxidation sites excluding steroid dienone is 3. The van der Waals surface area contributed by atoms with Crippen LogP contribution in [0.3, 0.4) is 0 Å². The summed E-state index contributed by atoms with van der Waals surface area (Å²) in [5, 5.41) is 0.303. The first-order valence-corrected chi connectivity index (χ1v) is 10.6. The third-order valence-corrected chi connectivity index (χ3v) is 9.05. The molecule has 0 saturated carbocycles. The Morgan fingerprint density at radius 3 is 2.58 bits per heavy atom. The zero-order valence-corrected chi connectivity index (χ0v) is 14.7. The van der Waals surface area contributed by atoms with Gasteiger partial charge in [-0.2, -0.15) is 0 Å². The van der Waals surface area contributed by atoms with Gasteiger partial charge in [0, 0.05) is 6.10 Å². The van der Waals surface area contributed by atoms with Gasteiger partial charge in [-0.3, -0.25) is 0 Å². The predicted molar refractivity (Wildman–Crippen MR) is 88.0 cm³/mol. The largest absolute Gasteiger partial charge is 0.414 e. The van der Waals surface area contributed by atoms with Crippen LogP contribution in [0, 0.1) is 5.92 Å². The molecule has 0 aromatic heterocycles. The van der Waals surface area contributed by atoms with Crippen LogP contribution in [0.25, 0.3) is 0 Å². The van der Waals surface area contributed by atoms with Gasteiger partial charge in [-0.15, -0.1) is 0 Å². The van der Waals surface area contributed by atoms with Gasteiger partial charge in [0.25, 0.3) is 0 Å². The van der Waals surface area contributed by atoms with Crippen LogP contribution in [0.1, 0.15) is 53.4 Å². The van der Waals surface area contributed by atoms with E-state index in [1.807, 2.05) is 0 Å². The smallest absolute Gasteiger partial charge is 0.192 e. The highest BCUT2D eigenvalue weighted by atomic mass is 28.4. The number of hydrogen-bond acceptors (Lipinski definition) is 1. The Morgan fingerprint density at radius 1 is 1.37 bits per heavy atom. The standard InChI is InChI=1S/C17H32OSi/c1-15(18-19(5,6)17(2,3)4)11-10-14-16-12-8-7-9-13-16/h8,10,12,14-16H,7,9,11,13H2,1-6H3. The molecule has 1 aliphatic rings. The molecule has 1 nitrogen and oxygen atoms in total. The molecule has 0 heterocycles. The molecule has 2 unspecified atom stereocenters. The normalized spacial score (nSPS) is 22.9. The van der Waals surface area contributed by atoms with Crippen molar-refractivity contribution in [3.8, 4) is 0 Å². The van der Waals surface area contributed by atoms with E-state index in [1.165, 1.54) is 19.3 Å². The highest BCUT2D eigenvalue weighted by molar-refractivity contribution is 6.74. The second kappa shape index (κ2) is 6.89. The van der Waals surface area contributed by atoms with E-state index < -0.39 is 8.32 Å². The molecule has 1 aliphatic carbocycles. The molecule has 2 atom stereocenters. The molecule has 19 heavy (non-hydrogen) atoms. The van der Waals surface area contributed by atoms with Crippen LogP contribution in [-0.4, -0.2) is 14.4 Å². The van der Waals surface area contributed by atoms with Gasteiger partial charge < -0.3 is 4.43 Å². The average molecular weight is 281 g/mol. The summed E-state index contributed by atoms with van der Waals surface area (Å²) in [6, 6.07) is 0. The van der Waals surface area contributed by atoms with Crippen molar-refractivity contribution in [3.05, 3.63) is 24.3 Å². The SMILES string of the molecule is CC(CC=CC1C=CCCC1)O[Si](C)(C)C(C)(C)C. The lowest BCUT2D eigenvalue weighted by atomic mass is 9.95. The van der Waals surface area contributed by atoms with Gasteiger partial charge in [0.2, 0.25) is 0 Å². The van der Waals surface area contributed by atoms with Gasteiger partial charge in [0.15, 0.2) is 8.32 Å². The van der Waals surface area contributed by atoms with E-state index in [0.717, 1.165) is 6.42 Å². The maximum absolute atomic E-state index is 6.36. The Bertz CT molecular complexity index is 323. The zero-order valence-electron chi connectivity index (χ0n) is 13.7. The van der Waals surface area contributed by atoms with Crippen LogP contribution in [0.5, 0.6) is 0 Å². The van der Waals surface area contributed by atoms with Gasteiger partial charge >= 0.3 is 0 Å². The molecule has 0 aromatic carbocycles. The van der Waals surface area contributed by atoms with Crippen LogP contribution in [0.15, 0.2) is 24.3 Å². The van der Waals surface area contributed by atoms with Crippen LogP contribution < -0.4 is 0 Å². The Labute approximate surface area is 121 Å². The molecule has 0 fully saturated rings. The highest BCUT2D eigenvalue weighted by Crippen LogP contribution is 2.37. The summed E-state index contributed by atoms with van der Waals surface area (Å²) in [5.74, 6) is 0.661. The lowest BCUT2D eigenvalue weighted by Crippen LogP contribution is -2.43. The van der Waals surface area contributed by atoms with Gasteiger partial charge in [-0.25, -0.2) is 0 Å². The molecular formula is C17H32OSi. The van der Waals surface area contributed by atoms with E-state index >= 15 is 0 Å². The van der Waals surface area contributed by atoms with Crippen molar-refractivity contribution < 1.29 is 4.43 Å². The zero-order chi connectivity index (χ0) is 14.5. The number of rotatable bonds is 5. The van der Waals surface area contributed by atoms with Crippen LogP contribution in [-0.2, 0) is 4.43 Å². The Kier molecular flexibility index (Phi) is 6.06. The van der Waals surface area contributed by atoms with E-state index in [0.29, 0.717) is 17.1 Å². The summed E-state index contributed by atoms with van der Waals surface area (Å²) < 4.78 is 6.36. The van der Waals surface area contributed by atoms with E-state index in [9.17, 15) is 0 Å². The van der Waals surface area contributed by atoms with Gasteiger partial charge in [0.1, 0.15) is 0 Å². The van der Waals surface area contributed by atoms with Crippen LogP contribution >= 0.6 is 0 Å². The first-order valence-electron chi connectivity index (χ1n) is 7.73. The van der Waals surface area contributed by atoms with Gasteiger partial charge in [-0.05, 0) is 56.7 Å². The first kappa shape index (κ1) is 16.7. The molecule has 0 saturated heterocycles. The summed E-state index contributed by atoms with van der Waals surface area (Å²) in [4.78, 5) is 0. The van der Waals surface area contributed by atoms with Crippen LogP contribution in [0.4, 0.5) is 0 Å². The number of hydrogen-bond donors (Lipinski definition) is 0. The molecule has 2 heteroatoms. The van der Waals surface area contributed by atoms with Crippen LogP contribution in [0.2, 0.25) is 18.1 Å². The molecule has 0 spiro atoms. The molecule has 0 aromatic rings. The van der Waals surface area contributed by atoms with E-state index in [2.05, 4.69) is 65.1 Å². The van der Waals surface area contributed by atoms with E-state index in [1.54, 1.807) is 0 Å². The maximum atomic E-state index is 6.36. The third-order valence-electron chi connectivity index (χ3n) is 4.44. The quantitative estimate of drug-likeness (QED) is 0.463. The molecule has 0 bridgehead atoms. The van der Waals surface area contributed by atoms with E-state index in [4.69, 9.17) is 4.43 Å². The minimum atomic E-state index is -1.61. The van der Waals surface area contributed by atoms with Gasteiger partial charge in [0.05, 0.1) is 0 Å². The Balaban J connectivity index is 2.39. The van der Waals surface area contributed by atoms with Crippen molar-refractivity contribution in [3.63, 3.8) is 0 Å². The Hall–Kier alpha value is -0.343. The van der Waals surface area contributed by atoms with Crippen molar-refractivity contribution >= 4 is 8.32 Å². The highest BCUT2D eigenvalue weighted by Gasteiger charge is 2.38. The third kappa shape index (κ3) is 5.66. The van der Waals surface area contributed by atoms with Crippen molar-refractivity contribution in [2.45, 2.75) is 77.6 Å². The van der Waals surface area contributed by atoms with Crippen molar-refractivity contribution in [1.82, 2.24) is 0 Å². The summed E-state index contributed by atoms with van der Waals surface area (Å²) in [6.45, 7) is 13.8. The maximum Gasteiger partial charge on any atom is 0.192 e.